The van der Waals surface area contributed by atoms with Crippen molar-refractivity contribution in [2.75, 3.05) is 13.2 Å². The second-order valence-electron chi connectivity index (χ2n) is 6.74. The molecular weight excluding hydrogens is 448 g/mol. The minimum Gasteiger partial charge on any atom is -0.490 e. The van der Waals surface area contributed by atoms with Gasteiger partial charge in [0.25, 0.3) is 6.43 Å². The van der Waals surface area contributed by atoms with Gasteiger partial charge in [0, 0.05) is 12.5 Å². The minimum absolute atomic E-state index is 0.105. The fourth-order valence-electron chi connectivity index (χ4n) is 3.08. The van der Waals surface area contributed by atoms with Gasteiger partial charge in [-0.15, -0.1) is 0 Å². The molecular formula is C20H24BrF2N3O3. The van der Waals surface area contributed by atoms with E-state index in [-0.39, 0.29) is 30.6 Å². The Kier molecular flexibility index (Phi) is 7.10. The summed E-state index contributed by atoms with van der Waals surface area (Å²) in [6.45, 7) is 4.99. The van der Waals surface area contributed by atoms with Crippen LogP contribution in [0, 0.1) is 0 Å². The second kappa shape index (κ2) is 9.56. The highest BCUT2D eigenvalue weighted by Gasteiger charge is 2.34. The zero-order valence-corrected chi connectivity index (χ0v) is 18.0. The number of carbonyl (C=O) groups is 1. The highest BCUT2D eigenvalue weighted by Crippen LogP contribution is 2.45. The normalized spacial score (nSPS) is 13.6. The predicted molar refractivity (Wildman–Crippen MR) is 107 cm³/mol. The number of alkyl halides is 2. The van der Waals surface area contributed by atoms with Crippen LogP contribution in [0.15, 0.2) is 22.7 Å². The second-order valence-corrected chi connectivity index (χ2v) is 7.53. The lowest BCUT2D eigenvalue weighted by Gasteiger charge is -2.13. The fraction of sp³-hybridized carbons (Fsp3) is 0.500. The molecule has 1 aromatic heterocycles. The number of amides is 1. The molecule has 0 aliphatic heterocycles. The Hall–Kier alpha value is -2.16. The van der Waals surface area contributed by atoms with Gasteiger partial charge in [-0.2, -0.15) is 5.10 Å². The van der Waals surface area contributed by atoms with E-state index < -0.39 is 6.43 Å². The quantitative estimate of drug-likeness (QED) is 0.550. The van der Waals surface area contributed by atoms with Crippen molar-refractivity contribution in [1.82, 2.24) is 15.1 Å². The van der Waals surface area contributed by atoms with Crippen molar-refractivity contribution >= 4 is 21.8 Å². The third kappa shape index (κ3) is 5.26. The van der Waals surface area contributed by atoms with Crippen molar-refractivity contribution in [3.05, 3.63) is 39.6 Å². The summed E-state index contributed by atoms with van der Waals surface area (Å²) in [5.74, 6) is 1.15. The molecule has 1 heterocycles. The molecule has 1 amide bonds. The molecule has 6 nitrogen and oxygen atoms in total. The van der Waals surface area contributed by atoms with Crippen LogP contribution >= 0.6 is 15.9 Å². The van der Waals surface area contributed by atoms with Gasteiger partial charge in [-0.25, -0.2) is 8.78 Å². The fourth-order valence-corrected chi connectivity index (χ4v) is 3.86. The molecule has 1 N–H and O–H groups in total. The Morgan fingerprint density at radius 3 is 2.59 bits per heavy atom. The molecule has 1 aliphatic rings. The summed E-state index contributed by atoms with van der Waals surface area (Å²) in [6.07, 6.45) is -0.853. The monoisotopic (exact) mass is 471 g/mol. The van der Waals surface area contributed by atoms with E-state index in [9.17, 15) is 13.6 Å². The lowest BCUT2D eigenvalue weighted by atomic mass is 10.2. The number of ether oxygens (including phenoxy) is 2. The Bertz CT molecular complexity index is 869. The average Bonchev–Trinajstić information content (AvgIpc) is 3.46. The van der Waals surface area contributed by atoms with E-state index in [1.54, 1.807) is 6.07 Å². The van der Waals surface area contributed by atoms with Crippen LogP contribution in [0.25, 0.3) is 0 Å². The molecule has 0 bridgehead atoms. The molecule has 0 saturated heterocycles. The van der Waals surface area contributed by atoms with Crippen molar-refractivity contribution < 1.29 is 23.0 Å². The zero-order valence-electron chi connectivity index (χ0n) is 16.4. The van der Waals surface area contributed by atoms with Gasteiger partial charge >= 0.3 is 0 Å². The molecule has 9 heteroatoms. The van der Waals surface area contributed by atoms with Gasteiger partial charge in [0.05, 0.1) is 23.4 Å². The van der Waals surface area contributed by atoms with E-state index in [4.69, 9.17) is 9.47 Å². The Morgan fingerprint density at radius 1 is 1.28 bits per heavy atom. The van der Waals surface area contributed by atoms with Crippen molar-refractivity contribution in [3.63, 3.8) is 0 Å². The van der Waals surface area contributed by atoms with Gasteiger partial charge in [-0.05, 0) is 60.3 Å². The number of aromatic nitrogens is 2. The highest BCUT2D eigenvalue weighted by atomic mass is 79.9. The lowest BCUT2D eigenvalue weighted by molar-refractivity contribution is -0.122. The minimum atomic E-state index is -2.69. The van der Waals surface area contributed by atoms with Crippen LogP contribution in [0.5, 0.6) is 11.5 Å². The SMILES string of the molecule is CCOc1ccc(CNC(=O)Cn2nc(C(F)F)c(Br)c2C2CC2)cc1OCC. The van der Waals surface area contributed by atoms with Crippen molar-refractivity contribution in [2.24, 2.45) is 0 Å². The van der Waals surface area contributed by atoms with Crippen LogP contribution in [-0.4, -0.2) is 28.9 Å². The summed E-state index contributed by atoms with van der Waals surface area (Å²) < 4.78 is 39.2. The van der Waals surface area contributed by atoms with E-state index in [0.29, 0.717) is 34.9 Å². The molecule has 0 radical (unpaired) electrons. The summed E-state index contributed by atoms with van der Waals surface area (Å²) in [4.78, 5) is 12.4. The molecule has 158 valence electrons. The molecule has 0 unspecified atom stereocenters. The van der Waals surface area contributed by atoms with Gasteiger partial charge in [0.15, 0.2) is 11.5 Å². The van der Waals surface area contributed by atoms with E-state index >= 15 is 0 Å². The largest absolute Gasteiger partial charge is 0.490 e. The third-order valence-corrected chi connectivity index (χ3v) is 5.33. The Morgan fingerprint density at radius 2 is 1.97 bits per heavy atom. The lowest BCUT2D eigenvalue weighted by Crippen LogP contribution is -2.28. The molecule has 0 atom stereocenters. The Labute approximate surface area is 176 Å². The number of nitrogens with zero attached hydrogens (tertiary/aromatic N) is 2. The van der Waals surface area contributed by atoms with Crippen LogP contribution in [-0.2, 0) is 17.9 Å². The number of carbonyl (C=O) groups excluding carboxylic acids is 1. The number of hydrogen-bond acceptors (Lipinski definition) is 4. The molecule has 29 heavy (non-hydrogen) atoms. The maximum Gasteiger partial charge on any atom is 0.283 e. The number of hydrogen-bond donors (Lipinski definition) is 1. The molecule has 2 aromatic rings. The summed E-state index contributed by atoms with van der Waals surface area (Å²) in [5, 5.41) is 6.77. The first kappa shape index (κ1) is 21.5. The molecule has 1 fully saturated rings. The Balaban J connectivity index is 1.66. The molecule has 1 aromatic carbocycles. The first-order valence-corrected chi connectivity index (χ1v) is 10.4. The number of rotatable bonds is 10. The molecule has 1 saturated carbocycles. The first-order chi connectivity index (χ1) is 13.9. The summed E-state index contributed by atoms with van der Waals surface area (Å²) in [6, 6.07) is 5.48. The van der Waals surface area contributed by atoms with Crippen molar-refractivity contribution in [3.8, 4) is 11.5 Å². The number of benzene rings is 1. The summed E-state index contributed by atoms with van der Waals surface area (Å²) in [5.41, 5.74) is 1.21. The topological polar surface area (TPSA) is 65.4 Å². The van der Waals surface area contributed by atoms with Gasteiger partial charge in [-0.1, -0.05) is 6.07 Å². The van der Waals surface area contributed by atoms with Crippen LogP contribution in [0.2, 0.25) is 0 Å². The number of nitrogens with one attached hydrogen (secondary N) is 1. The van der Waals surface area contributed by atoms with Gasteiger partial charge in [-0.3, -0.25) is 9.48 Å². The maximum atomic E-state index is 13.2. The summed E-state index contributed by atoms with van der Waals surface area (Å²) in [7, 11) is 0. The van der Waals surface area contributed by atoms with E-state index in [1.807, 2.05) is 26.0 Å². The van der Waals surface area contributed by atoms with Crippen LogP contribution in [0.1, 0.15) is 56.0 Å². The molecule has 0 spiro atoms. The van der Waals surface area contributed by atoms with E-state index in [2.05, 4.69) is 26.3 Å². The van der Waals surface area contributed by atoms with Crippen LogP contribution in [0.3, 0.4) is 0 Å². The highest BCUT2D eigenvalue weighted by molar-refractivity contribution is 9.10. The first-order valence-electron chi connectivity index (χ1n) is 9.64. The van der Waals surface area contributed by atoms with Gasteiger partial charge < -0.3 is 14.8 Å². The van der Waals surface area contributed by atoms with Crippen molar-refractivity contribution in [2.45, 2.75) is 52.1 Å². The number of halogens is 3. The predicted octanol–water partition coefficient (Wildman–Crippen LogP) is 4.57. The third-order valence-electron chi connectivity index (χ3n) is 4.52. The average molecular weight is 472 g/mol. The molecule has 1 aliphatic carbocycles. The van der Waals surface area contributed by atoms with Crippen LogP contribution in [0.4, 0.5) is 8.78 Å². The van der Waals surface area contributed by atoms with Crippen LogP contribution < -0.4 is 14.8 Å². The van der Waals surface area contributed by atoms with E-state index in [1.165, 1.54) is 4.68 Å². The molecule has 3 rings (SSSR count). The maximum absolute atomic E-state index is 13.2. The standard InChI is InChI=1S/C20H24BrF2N3O3/c1-3-28-14-8-5-12(9-15(14)29-4-2)10-24-16(27)11-26-19(13-6-7-13)17(21)18(25-26)20(22)23/h5,8-9,13,20H,3-4,6-7,10-11H2,1-2H3,(H,24,27). The van der Waals surface area contributed by atoms with Gasteiger partial charge in [0.1, 0.15) is 12.2 Å². The van der Waals surface area contributed by atoms with Crippen molar-refractivity contribution in [1.29, 1.82) is 0 Å². The van der Waals surface area contributed by atoms with Gasteiger partial charge in [0.2, 0.25) is 5.91 Å². The summed E-state index contributed by atoms with van der Waals surface area (Å²) >= 11 is 3.23. The smallest absolute Gasteiger partial charge is 0.283 e. The van der Waals surface area contributed by atoms with E-state index in [0.717, 1.165) is 18.4 Å². The zero-order chi connectivity index (χ0) is 21.0.